The molecule has 0 aliphatic heterocycles. The topological polar surface area (TPSA) is 14.8 Å². The van der Waals surface area contributed by atoms with Crippen molar-refractivity contribution < 1.29 is 0 Å². The van der Waals surface area contributed by atoms with Crippen molar-refractivity contribution in [1.82, 2.24) is 13.7 Å². The van der Waals surface area contributed by atoms with E-state index in [1.807, 2.05) is 0 Å². The molecule has 0 unspecified atom stereocenters. The van der Waals surface area contributed by atoms with Crippen LogP contribution in [0.25, 0.3) is 323 Å². The molecule has 0 atom stereocenters. The van der Waals surface area contributed by atoms with Crippen molar-refractivity contribution in [2.45, 2.75) is 0 Å². The molecule has 3 heterocycles. The lowest BCUT2D eigenvalue weighted by atomic mass is 9.91. The van der Waals surface area contributed by atoms with Gasteiger partial charge < -0.3 is 13.7 Å². The zero-order valence-corrected chi connectivity index (χ0v) is 73.0. The lowest BCUT2D eigenvalue weighted by molar-refractivity contribution is 1.19. The molecule has 0 saturated heterocycles. The van der Waals surface area contributed by atoms with Gasteiger partial charge in [0.15, 0.2) is 0 Å². The van der Waals surface area contributed by atoms with E-state index < -0.39 is 0 Å². The summed E-state index contributed by atoms with van der Waals surface area (Å²) in [4.78, 5) is 0. The molecule has 0 N–H and O–H groups in total. The summed E-state index contributed by atoms with van der Waals surface area (Å²) in [6, 6.07) is 169. The predicted molar refractivity (Wildman–Crippen MR) is 575 cm³/mol. The first-order valence-corrected chi connectivity index (χ1v) is 47.2. The third-order valence-electron chi connectivity index (χ3n) is 31.3. The quantitative estimate of drug-likeness (QED) is 0.141. The minimum Gasteiger partial charge on any atom is -0.309 e. The fraction of sp³-hybridized carbons (Fsp3) is 0. The third kappa shape index (κ3) is 9.57. The highest BCUT2D eigenvalue weighted by Gasteiger charge is 2.34. The highest BCUT2D eigenvalue weighted by atomic mass is 15.0. The summed E-state index contributed by atoms with van der Waals surface area (Å²) in [5, 5.41) is 37.8. The Hall–Kier alpha value is -17.8. The van der Waals surface area contributed by atoms with Gasteiger partial charge in [-0.05, 0) is 292 Å². The van der Waals surface area contributed by atoms with Crippen molar-refractivity contribution in [3.8, 4) is 128 Å². The molecular formula is C132H73N3. The van der Waals surface area contributed by atoms with Crippen LogP contribution in [0.4, 0.5) is 0 Å². The van der Waals surface area contributed by atoms with Crippen LogP contribution in [-0.2, 0) is 0 Å². The maximum absolute atomic E-state index is 2.60. The molecule has 0 bridgehead atoms. The molecule has 616 valence electrons. The second-order valence-corrected chi connectivity index (χ2v) is 37.7. The van der Waals surface area contributed by atoms with E-state index in [1.54, 1.807) is 0 Å². The normalized spacial score (nSPS) is 12.6. The molecule has 0 radical (unpaired) electrons. The van der Waals surface area contributed by atoms with Crippen LogP contribution in [-0.4, -0.2) is 13.7 Å². The lowest BCUT2D eigenvalue weighted by Crippen LogP contribution is -1.98. The molecule has 3 nitrogen and oxygen atoms in total. The number of fused-ring (bicyclic) bond motifs is 39. The fourth-order valence-electron chi connectivity index (χ4n) is 25.8. The Kier molecular flexibility index (Phi) is 14.2. The largest absolute Gasteiger partial charge is 0.309 e. The Bertz CT molecular complexity index is 10600. The van der Waals surface area contributed by atoms with Crippen LogP contribution in [0.3, 0.4) is 0 Å². The van der Waals surface area contributed by atoms with Gasteiger partial charge in [0.2, 0.25) is 0 Å². The van der Waals surface area contributed by atoms with E-state index in [-0.39, 0.29) is 0 Å². The Morgan fingerprint density at radius 3 is 1.13 bits per heavy atom. The predicted octanol–water partition coefficient (Wildman–Crippen LogP) is 36.4. The van der Waals surface area contributed by atoms with Gasteiger partial charge in [0.05, 0.1) is 38.8 Å². The monoisotopic (exact) mass is 1700 g/mol. The molecule has 0 spiro atoms. The average Bonchev–Trinajstić information content (AvgIpc) is 1.58. The van der Waals surface area contributed by atoms with Crippen LogP contribution in [0.1, 0.15) is 0 Å². The molecule has 3 aromatic heterocycles. The Balaban J connectivity index is 0.550. The molecule has 0 saturated carbocycles. The summed E-state index contributed by atoms with van der Waals surface area (Å²) in [5.41, 5.74) is 35.5. The number of benzene rings is 26. The lowest BCUT2D eigenvalue weighted by Gasteiger charge is -2.17. The Morgan fingerprint density at radius 1 is 0.126 bits per heavy atom. The van der Waals surface area contributed by atoms with Gasteiger partial charge in [0.25, 0.3) is 0 Å². The zero-order chi connectivity index (χ0) is 87.4. The van der Waals surface area contributed by atoms with Gasteiger partial charge in [0, 0.05) is 65.4 Å². The Labute approximate surface area is 774 Å². The van der Waals surface area contributed by atoms with E-state index in [4.69, 9.17) is 0 Å². The van der Waals surface area contributed by atoms with Crippen molar-refractivity contribution in [3.05, 3.63) is 443 Å². The van der Waals surface area contributed by atoms with Crippen molar-refractivity contribution in [2.24, 2.45) is 0 Å². The fourth-order valence-corrected chi connectivity index (χ4v) is 25.8. The van der Waals surface area contributed by atoms with Gasteiger partial charge in [-0.3, -0.25) is 0 Å². The van der Waals surface area contributed by atoms with Gasteiger partial charge >= 0.3 is 0 Å². The van der Waals surface area contributed by atoms with Gasteiger partial charge in [0.1, 0.15) is 0 Å². The molecule has 3 aliphatic carbocycles. The molecular weight excluding hydrogens is 1630 g/mol. The molecule has 26 aromatic carbocycles. The van der Waals surface area contributed by atoms with Crippen LogP contribution in [0, 0.1) is 0 Å². The molecule has 0 amide bonds. The minimum atomic E-state index is 1.11. The molecule has 135 heavy (non-hydrogen) atoms. The summed E-state index contributed by atoms with van der Waals surface area (Å²) in [7, 11) is 0. The van der Waals surface area contributed by atoms with E-state index in [1.165, 1.54) is 306 Å². The number of rotatable bonds is 7. The number of para-hydroxylation sites is 1. The van der Waals surface area contributed by atoms with Crippen molar-refractivity contribution in [2.75, 3.05) is 0 Å². The highest BCUT2D eigenvalue weighted by molar-refractivity contribution is 6.41. The van der Waals surface area contributed by atoms with E-state index in [9.17, 15) is 0 Å². The first-order chi connectivity index (χ1) is 67.0. The summed E-state index contributed by atoms with van der Waals surface area (Å²) >= 11 is 0. The van der Waals surface area contributed by atoms with Crippen molar-refractivity contribution in [1.29, 1.82) is 0 Å². The smallest absolute Gasteiger partial charge is 0.0626 e. The van der Waals surface area contributed by atoms with Crippen LogP contribution >= 0.6 is 0 Å². The third-order valence-corrected chi connectivity index (χ3v) is 31.3. The maximum Gasteiger partial charge on any atom is 0.0626 e. The van der Waals surface area contributed by atoms with Crippen LogP contribution in [0.2, 0.25) is 0 Å². The highest BCUT2D eigenvalue weighted by Crippen LogP contribution is 2.59. The van der Waals surface area contributed by atoms with Gasteiger partial charge in [-0.15, -0.1) is 0 Å². The first-order valence-electron chi connectivity index (χ1n) is 47.2. The van der Waals surface area contributed by atoms with Gasteiger partial charge in [-0.25, -0.2) is 0 Å². The number of aromatic nitrogens is 3. The average molecular weight is 1700 g/mol. The second-order valence-electron chi connectivity index (χ2n) is 37.7. The zero-order valence-electron chi connectivity index (χ0n) is 73.0. The van der Waals surface area contributed by atoms with Crippen LogP contribution in [0.5, 0.6) is 0 Å². The van der Waals surface area contributed by atoms with E-state index >= 15 is 0 Å². The number of hydrogen-bond donors (Lipinski definition) is 0. The van der Waals surface area contributed by atoms with E-state index in [2.05, 4.69) is 457 Å². The standard InChI is InChI=1S/C132H73N3/c1-4-29-88-75(23-1)49-64-109-121(88)98-36-11-14-39-103(98)130-127(109)107-62-54-82(85-68-84-56-67-116(129-97-35-10-8-33-94(97)112(72-85)120(84)129)135-114-45-18-17-42-106(114)126-108-63-48-74-22-2-5-30-89(74)122(108)100-38-13-16-41-105(100)132(126)135)73-117(107)133(130)86-57-46-77(47-58-86)91-59-51-79-26-21-44-101-111-70-80(53-61-102(111)124(91)119(79)101)81-55-66-115-113(71-81)128-110-65-50-76-24-3-6-31-90(76)123(110)99-37-12-15-40-104(99)131(128)134(115)87-28-19-27-83(69-87)92-60-52-78-25-20-43-95-93-32-7-9-34-96(93)125(92)118(78)95/h1-73H. The van der Waals surface area contributed by atoms with E-state index in [0.29, 0.717) is 0 Å². The molecule has 3 aliphatic rings. The Morgan fingerprint density at radius 2 is 0.511 bits per heavy atom. The van der Waals surface area contributed by atoms with Crippen molar-refractivity contribution >= 4 is 195 Å². The summed E-state index contributed by atoms with van der Waals surface area (Å²) < 4.78 is 7.78. The van der Waals surface area contributed by atoms with E-state index in [0.717, 1.165) is 16.9 Å². The number of hydrogen-bond acceptors (Lipinski definition) is 0. The van der Waals surface area contributed by atoms with Crippen molar-refractivity contribution in [3.63, 3.8) is 0 Å². The van der Waals surface area contributed by atoms with Crippen LogP contribution < -0.4 is 0 Å². The summed E-state index contributed by atoms with van der Waals surface area (Å²) in [6.07, 6.45) is 0. The van der Waals surface area contributed by atoms with Gasteiger partial charge in [-0.1, -0.05) is 370 Å². The first kappa shape index (κ1) is 72.1. The molecule has 0 fully saturated rings. The second kappa shape index (κ2) is 26.5. The molecule has 3 heteroatoms. The SMILES string of the molecule is c1cc(-c2ccc3cccc4c3c2-c2ccccc2-4)cc(-n2c3ccc(-c4ccc5c(c4)-c4cccc6ccc(-c7ccc(-n8c9cc(-c%10cc%11c%12c(c(-n%13c%14ccccc%14c%14c%15ccc%16ccccc%16c%15c%15ccccc%15c%14%13)ccc%12c%10)-c%10ccccc%10-%11)ccc9c9c%10ccc%11ccccc%11c%10c%10ccccc%10c98)cc7)c-5c46)cc3c3c4ccc5ccccc5c4c4ccccc4c32)c1. The molecule has 29 aromatic rings. The summed E-state index contributed by atoms with van der Waals surface area (Å²) in [5.74, 6) is 0. The van der Waals surface area contributed by atoms with Crippen LogP contribution in [0.15, 0.2) is 443 Å². The number of nitrogens with zero attached hydrogens (tertiary/aromatic N) is 3. The summed E-state index contributed by atoms with van der Waals surface area (Å²) in [6.45, 7) is 0. The minimum absolute atomic E-state index is 1.11. The molecule has 32 rings (SSSR count). The maximum atomic E-state index is 2.60. The van der Waals surface area contributed by atoms with Gasteiger partial charge in [-0.2, -0.15) is 0 Å².